The molecule has 5 nitrogen and oxygen atoms in total. The van der Waals surface area contributed by atoms with E-state index in [1.54, 1.807) is 24.3 Å². The maximum atomic E-state index is 13.0. The van der Waals surface area contributed by atoms with Crippen molar-refractivity contribution in [2.24, 2.45) is 23.7 Å². The fourth-order valence-electron chi connectivity index (χ4n) is 4.98. The van der Waals surface area contributed by atoms with Crippen LogP contribution in [-0.2, 0) is 14.4 Å². The molecule has 1 N–H and O–H groups in total. The van der Waals surface area contributed by atoms with E-state index in [0.717, 1.165) is 23.2 Å². The van der Waals surface area contributed by atoms with Gasteiger partial charge in [-0.1, -0.05) is 42.5 Å². The molecule has 2 aromatic rings. The van der Waals surface area contributed by atoms with Gasteiger partial charge in [0, 0.05) is 11.8 Å². The van der Waals surface area contributed by atoms with Gasteiger partial charge < -0.3 is 5.32 Å². The van der Waals surface area contributed by atoms with Crippen LogP contribution in [0.1, 0.15) is 17.5 Å². The first-order chi connectivity index (χ1) is 14.5. The second-order valence-electron chi connectivity index (χ2n) is 8.24. The van der Waals surface area contributed by atoms with Crippen LogP contribution >= 0.6 is 0 Å². The Bertz CT molecular complexity index is 1090. The molecule has 3 amide bonds. The van der Waals surface area contributed by atoms with E-state index >= 15 is 0 Å². The Labute approximate surface area is 175 Å². The maximum Gasteiger partial charge on any atom is 0.248 e. The smallest absolute Gasteiger partial charge is 0.248 e. The highest BCUT2D eigenvalue weighted by atomic mass is 16.2. The molecule has 0 radical (unpaired) electrons. The summed E-state index contributed by atoms with van der Waals surface area (Å²) in [5.74, 6) is -0.483. The second kappa shape index (κ2) is 7.10. The van der Waals surface area contributed by atoms with E-state index < -0.39 is 0 Å². The van der Waals surface area contributed by atoms with Gasteiger partial charge in [0.2, 0.25) is 17.7 Å². The van der Waals surface area contributed by atoms with Crippen molar-refractivity contribution in [3.05, 3.63) is 77.9 Å². The molecule has 1 saturated carbocycles. The van der Waals surface area contributed by atoms with Gasteiger partial charge in [-0.2, -0.15) is 0 Å². The minimum Gasteiger partial charge on any atom is -0.322 e. The number of rotatable bonds is 4. The highest BCUT2D eigenvalue weighted by Gasteiger charge is 2.59. The number of para-hydroxylation sites is 1. The number of imide groups is 1. The number of hydrogen-bond donors (Lipinski definition) is 1. The number of carbonyl (C=O) groups is 3. The lowest BCUT2D eigenvalue weighted by atomic mass is 9.85. The number of fused-ring (bicyclic) bond motifs is 5. The number of carbonyl (C=O) groups excluding carboxylic acids is 3. The topological polar surface area (TPSA) is 66.5 Å². The normalized spacial score (nSPS) is 26.6. The minimum absolute atomic E-state index is 0.0970. The van der Waals surface area contributed by atoms with Crippen LogP contribution in [0.5, 0.6) is 0 Å². The van der Waals surface area contributed by atoms with Gasteiger partial charge in [-0.15, -0.1) is 0 Å². The molecule has 2 bridgehead atoms. The number of aryl methyl sites for hydroxylation is 1. The Balaban J connectivity index is 1.33. The molecule has 2 aliphatic carbocycles. The molecule has 1 saturated heterocycles. The lowest BCUT2D eigenvalue weighted by Gasteiger charge is -2.17. The first kappa shape index (κ1) is 18.6. The van der Waals surface area contributed by atoms with Crippen LogP contribution in [-0.4, -0.2) is 17.7 Å². The quantitative estimate of drug-likeness (QED) is 0.482. The summed E-state index contributed by atoms with van der Waals surface area (Å²) in [5.41, 5.74) is 3.08. The summed E-state index contributed by atoms with van der Waals surface area (Å²) in [4.78, 5) is 39.6. The summed E-state index contributed by atoms with van der Waals surface area (Å²) in [6, 6.07) is 14.8. The highest BCUT2D eigenvalue weighted by Crippen LogP contribution is 2.53. The van der Waals surface area contributed by atoms with Crippen molar-refractivity contribution in [2.45, 2.75) is 13.3 Å². The van der Waals surface area contributed by atoms with E-state index in [1.807, 2.05) is 37.3 Å². The average molecular weight is 398 g/mol. The second-order valence-corrected chi connectivity index (χ2v) is 8.24. The van der Waals surface area contributed by atoms with Crippen LogP contribution in [0.4, 0.5) is 11.4 Å². The summed E-state index contributed by atoms with van der Waals surface area (Å²) in [5, 5.41) is 2.86. The van der Waals surface area contributed by atoms with Gasteiger partial charge in [-0.25, -0.2) is 4.90 Å². The molecule has 0 spiro atoms. The molecule has 0 aromatic heterocycles. The number of benzene rings is 2. The molecule has 5 heteroatoms. The molecule has 150 valence electrons. The number of anilines is 2. The van der Waals surface area contributed by atoms with Gasteiger partial charge in [0.25, 0.3) is 0 Å². The average Bonchev–Trinajstić information content (AvgIpc) is 3.42. The van der Waals surface area contributed by atoms with Gasteiger partial charge in [0.05, 0.1) is 17.5 Å². The zero-order valence-corrected chi connectivity index (χ0v) is 16.6. The van der Waals surface area contributed by atoms with Crippen LogP contribution in [0.2, 0.25) is 0 Å². The molecule has 0 unspecified atom stereocenters. The fourth-order valence-corrected chi connectivity index (χ4v) is 4.98. The number of hydrogen-bond acceptors (Lipinski definition) is 3. The van der Waals surface area contributed by atoms with E-state index in [1.165, 1.54) is 11.0 Å². The minimum atomic E-state index is -0.236. The Hall–Kier alpha value is -3.47. The van der Waals surface area contributed by atoms with Crippen LogP contribution < -0.4 is 10.2 Å². The van der Waals surface area contributed by atoms with Gasteiger partial charge in [-0.05, 0) is 60.6 Å². The summed E-state index contributed by atoms with van der Waals surface area (Å²) in [6.07, 6.45) is 8.24. The zero-order chi connectivity index (χ0) is 20.8. The molecule has 2 fully saturated rings. The summed E-state index contributed by atoms with van der Waals surface area (Å²) < 4.78 is 0. The first-order valence-electron chi connectivity index (χ1n) is 10.2. The van der Waals surface area contributed by atoms with Crippen LogP contribution in [0.3, 0.4) is 0 Å². The standard InChI is InChI=1S/C25H22N2O3/c1-15-5-2-3-8-20(15)26-21(28)12-9-16-6-4-7-19(13-16)27-24(29)22-17-10-11-18(14-17)23(22)25(27)30/h2-13,17-18,22-23H,14H2,1H3,(H,26,28)/b12-9-/t17-,18-,22+,23+/m1/s1. The molecular formula is C25H22N2O3. The number of nitrogens with zero attached hydrogens (tertiary/aromatic N) is 1. The lowest BCUT2D eigenvalue weighted by molar-refractivity contribution is -0.123. The monoisotopic (exact) mass is 398 g/mol. The third kappa shape index (κ3) is 2.98. The van der Waals surface area contributed by atoms with Gasteiger partial charge >= 0.3 is 0 Å². The third-order valence-corrected chi connectivity index (χ3v) is 6.43. The molecule has 1 aliphatic heterocycles. The molecule has 1 heterocycles. The summed E-state index contributed by atoms with van der Waals surface area (Å²) >= 11 is 0. The molecule has 5 rings (SSSR count). The van der Waals surface area contributed by atoms with E-state index in [2.05, 4.69) is 17.5 Å². The molecule has 3 aliphatic rings. The Morgan fingerprint density at radius 1 is 1.00 bits per heavy atom. The first-order valence-corrected chi connectivity index (χ1v) is 10.2. The Kier molecular flexibility index (Phi) is 4.39. The fraction of sp³-hybridized carbons (Fsp3) is 0.240. The van der Waals surface area contributed by atoms with Crippen molar-refractivity contribution in [1.29, 1.82) is 0 Å². The Morgan fingerprint density at radius 2 is 1.70 bits per heavy atom. The maximum absolute atomic E-state index is 13.0. The number of allylic oxidation sites excluding steroid dienone is 2. The van der Waals surface area contributed by atoms with E-state index in [-0.39, 0.29) is 41.4 Å². The van der Waals surface area contributed by atoms with E-state index in [9.17, 15) is 14.4 Å². The molecule has 30 heavy (non-hydrogen) atoms. The van der Waals surface area contributed by atoms with Crippen molar-refractivity contribution < 1.29 is 14.4 Å². The Morgan fingerprint density at radius 3 is 2.40 bits per heavy atom. The van der Waals surface area contributed by atoms with E-state index in [4.69, 9.17) is 0 Å². The van der Waals surface area contributed by atoms with Crippen molar-refractivity contribution in [1.82, 2.24) is 0 Å². The van der Waals surface area contributed by atoms with Crippen molar-refractivity contribution in [3.8, 4) is 0 Å². The largest absolute Gasteiger partial charge is 0.322 e. The third-order valence-electron chi connectivity index (χ3n) is 6.43. The number of nitrogens with one attached hydrogen (secondary N) is 1. The predicted octanol–water partition coefficient (Wildman–Crippen LogP) is 3.96. The zero-order valence-electron chi connectivity index (χ0n) is 16.6. The number of amides is 3. The summed E-state index contributed by atoms with van der Waals surface area (Å²) in [6.45, 7) is 1.93. The molecule has 4 atom stereocenters. The molecular weight excluding hydrogens is 376 g/mol. The van der Waals surface area contributed by atoms with E-state index in [0.29, 0.717) is 5.69 Å². The van der Waals surface area contributed by atoms with Crippen molar-refractivity contribution >= 4 is 35.2 Å². The highest BCUT2D eigenvalue weighted by molar-refractivity contribution is 6.22. The van der Waals surface area contributed by atoms with Crippen molar-refractivity contribution in [2.75, 3.05) is 10.2 Å². The van der Waals surface area contributed by atoms with Gasteiger partial charge in [-0.3, -0.25) is 14.4 Å². The van der Waals surface area contributed by atoms with Crippen LogP contribution in [0, 0.1) is 30.6 Å². The van der Waals surface area contributed by atoms with Crippen molar-refractivity contribution in [3.63, 3.8) is 0 Å². The van der Waals surface area contributed by atoms with Crippen LogP contribution in [0.25, 0.3) is 6.08 Å². The van der Waals surface area contributed by atoms with Gasteiger partial charge in [0.15, 0.2) is 0 Å². The van der Waals surface area contributed by atoms with Gasteiger partial charge in [0.1, 0.15) is 0 Å². The summed E-state index contributed by atoms with van der Waals surface area (Å²) in [7, 11) is 0. The predicted molar refractivity (Wildman–Crippen MR) is 115 cm³/mol. The van der Waals surface area contributed by atoms with Crippen LogP contribution in [0.15, 0.2) is 66.8 Å². The molecule has 2 aromatic carbocycles. The SMILES string of the molecule is Cc1ccccc1NC(=O)/C=C\c1cccc(N2C(=O)[C@@H]3[C@@H](C2=O)[C@@H]2C=C[C@@H]3C2)c1. The lowest BCUT2D eigenvalue weighted by Crippen LogP contribution is -2.32.